The first-order valence-electron chi connectivity index (χ1n) is 35.3. The first-order chi connectivity index (χ1) is 47.6. The van der Waals surface area contributed by atoms with Gasteiger partial charge in [0.25, 0.3) is 5.91 Å². The van der Waals surface area contributed by atoms with Gasteiger partial charge in [0.15, 0.2) is 11.6 Å². The maximum atomic E-state index is 14.7. The number of benzene rings is 3. The lowest BCUT2D eigenvalue weighted by atomic mass is 9.73. The van der Waals surface area contributed by atoms with Gasteiger partial charge in [0.2, 0.25) is 5.91 Å². The first-order valence-corrected chi connectivity index (χ1v) is 37.2. The number of nitrogens with zero attached hydrogens (tertiary/aromatic N) is 12. The average molecular weight is 1380 g/mol. The van der Waals surface area contributed by atoms with Crippen LogP contribution in [0.3, 0.4) is 0 Å². The van der Waals surface area contributed by atoms with E-state index in [1.165, 1.54) is 48.9 Å². The van der Waals surface area contributed by atoms with Crippen molar-refractivity contribution in [3.05, 3.63) is 130 Å². The summed E-state index contributed by atoms with van der Waals surface area (Å²) in [5, 5.41) is 33.5. The molecule has 2 amide bonds. The van der Waals surface area contributed by atoms with Crippen LogP contribution < -0.4 is 20.7 Å². The number of nitrogens with one attached hydrogen (secondary N) is 3. The van der Waals surface area contributed by atoms with E-state index in [1.54, 1.807) is 11.1 Å². The number of hydrogen-bond acceptors (Lipinski definition) is 16. The van der Waals surface area contributed by atoms with Crippen molar-refractivity contribution >= 4 is 55.1 Å². The number of hydrogen-bond donors (Lipinski definition) is 3. The molecule has 20 nitrogen and oxygen atoms in total. The topological polar surface area (TPSA) is 236 Å². The van der Waals surface area contributed by atoms with Gasteiger partial charge in [-0.05, 0) is 201 Å². The van der Waals surface area contributed by atoms with Crippen LogP contribution in [0.25, 0.3) is 21.8 Å². The van der Waals surface area contributed by atoms with E-state index in [2.05, 4.69) is 103 Å². The molecule has 25 heteroatoms. The Kier molecular flexibility index (Phi) is 21.6. The van der Waals surface area contributed by atoms with Crippen LogP contribution in [0.4, 0.5) is 29.2 Å². The zero-order valence-electron chi connectivity index (χ0n) is 57.4. The van der Waals surface area contributed by atoms with Gasteiger partial charge in [0, 0.05) is 142 Å². The number of likely N-dealkylation sites (tertiary alicyclic amines) is 3. The van der Waals surface area contributed by atoms with Crippen LogP contribution in [0.2, 0.25) is 0 Å². The molecule has 99 heavy (non-hydrogen) atoms. The number of aryl methyl sites for hydroxylation is 4. The predicted molar refractivity (Wildman–Crippen MR) is 372 cm³/mol. The Labute approximate surface area is 577 Å². The Hall–Kier alpha value is -8.23. The number of nitriles is 2. The highest BCUT2D eigenvalue weighted by Crippen LogP contribution is 2.64. The number of ether oxygens (including phenoxy) is 1. The lowest BCUT2D eigenvalue weighted by molar-refractivity contribution is -0.135. The normalized spacial score (nSPS) is 19.8. The number of rotatable bonds is 28. The molecule has 7 heterocycles. The molecule has 5 aliphatic rings. The Morgan fingerprint density at radius 1 is 0.747 bits per heavy atom. The van der Waals surface area contributed by atoms with Crippen molar-refractivity contribution in [3.63, 3.8) is 0 Å². The molecule has 0 radical (unpaired) electrons. The zero-order chi connectivity index (χ0) is 69.8. The lowest BCUT2D eigenvalue weighted by Gasteiger charge is -2.42. The Bertz CT molecular complexity index is 4270. The molecule has 3 aliphatic heterocycles. The number of piperidine rings is 3. The van der Waals surface area contributed by atoms with Gasteiger partial charge >= 0.3 is 6.18 Å². The molecule has 2 saturated carbocycles. The number of aromatic nitrogens is 6. The molecular formula is C74H91F4N15O5S. The van der Waals surface area contributed by atoms with E-state index < -0.39 is 28.3 Å². The summed E-state index contributed by atoms with van der Waals surface area (Å²) in [6.45, 7) is 16.0. The summed E-state index contributed by atoms with van der Waals surface area (Å²) in [4.78, 5) is 54.3. The third kappa shape index (κ3) is 16.5. The SMILES string of the molecule is CCN(C(=O)c1cc(F)ccc1Oc1cncnc1NC1CCN(Cc2ccc3c(cc(C#N)n3CCN3CCC(S(C)(=O)=O)CC3)c2CCC(=O)NC2(CCCn3c(C#N)cc4c(C)c(CN5CCC(Nc6ncncc6CCCC(F)(F)F)CC5)ccc43)CC3CC32)CC1)C(C)C. The van der Waals surface area contributed by atoms with E-state index in [4.69, 9.17) is 4.74 Å². The van der Waals surface area contributed by atoms with Crippen molar-refractivity contribution in [3.8, 4) is 23.6 Å². The van der Waals surface area contributed by atoms with Crippen LogP contribution in [0.5, 0.6) is 11.5 Å². The summed E-state index contributed by atoms with van der Waals surface area (Å²) < 4.78 is 88.6. The highest BCUT2D eigenvalue weighted by Gasteiger charge is 2.63. The smallest absolute Gasteiger partial charge is 0.389 e. The minimum absolute atomic E-state index is 0.00702. The van der Waals surface area contributed by atoms with Gasteiger partial charge < -0.3 is 39.6 Å². The molecular weight excluding hydrogens is 1290 g/mol. The molecule has 0 spiro atoms. The minimum atomic E-state index is -4.20. The molecule has 526 valence electrons. The van der Waals surface area contributed by atoms with Crippen LogP contribution in [0.1, 0.15) is 154 Å². The number of carbonyl (C=O) groups is 2. The second-order valence-corrected chi connectivity index (χ2v) is 30.7. The average Bonchev–Trinajstić information content (AvgIpc) is 1.55. The fraction of sp³-hybridized carbons (Fsp3) is 0.541. The number of carbonyl (C=O) groups excluding carboxylic acids is 2. The molecule has 12 rings (SSSR count). The second kappa shape index (κ2) is 30.3. The minimum Gasteiger partial charge on any atom is -0.451 e. The maximum absolute atomic E-state index is 14.7. The van der Waals surface area contributed by atoms with Gasteiger partial charge in [0.1, 0.15) is 63.4 Å². The molecule has 0 bridgehead atoms. The Balaban J connectivity index is 0.695. The van der Waals surface area contributed by atoms with Gasteiger partial charge in [-0.15, -0.1) is 0 Å². The number of fused-ring (bicyclic) bond motifs is 3. The van der Waals surface area contributed by atoms with Crippen LogP contribution in [-0.2, 0) is 53.7 Å². The number of sulfone groups is 1. The third-order valence-corrected chi connectivity index (χ3v) is 23.3. The first kappa shape index (κ1) is 70.6. The summed E-state index contributed by atoms with van der Waals surface area (Å²) in [6, 6.07) is 21.4. The van der Waals surface area contributed by atoms with Gasteiger partial charge in [-0.3, -0.25) is 19.4 Å². The fourth-order valence-corrected chi connectivity index (χ4v) is 17.1. The van der Waals surface area contributed by atoms with Crippen LogP contribution >= 0.6 is 0 Å². The van der Waals surface area contributed by atoms with Crippen molar-refractivity contribution in [2.24, 2.45) is 11.8 Å². The van der Waals surface area contributed by atoms with Crippen molar-refractivity contribution in [1.29, 1.82) is 10.5 Å². The van der Waals surface area contributed by atoms with E-state index in [-0.39, 0.29) is 71.3 Å². The van der Waals surface area contributed by atoms with Gasteiger partial charge in [-0.1, -0.05) is 12.1 Å². The second-order valence-electron chi connectivity index (χ2n) is 28.4. The van der Waals surface area contributed by atoms with Crippen LogP contribution in [0, 0.1) is 47.2 Å². The van der Waals surface area contributed by atoms with Crippen molar-refractivity contribution in [2.45, 2.75) is 185 Å². The molecule has 4 aromatic heterocycles. The summed E-state index contributed by atoms with van der Waals surface area (Å²) >= 11 is 0. The Morgan fingerprint density at radius 2 is 1.36 bits per heavy atom. The number of anilines is 2. The summed E-state index contributed by atoms with van der Waals surface area (Å²) in [6.07, 6.45) is 11.2. The van der Waals surface area contributed by atoms with Crippen molar-refractivity contribution in [1.82, 2.24) is 54.0 Å². The lowest BCUT2D eigenvalue weighted by Crippen LogP contribution is -2.56. The quantitative estimate of drug-likeness (QED) is 0.0387. The molecule has 3 atom stereocenters. The molecule has 2 aliphatic carbocycles. The molecule has 7 aromatic rings. The number of halogens is 4. The summed E-state index contributed by atoms with van der Waals surface area (Å²) in [5.74, 6) is 1.69. The van der Waals surface area contributed by atoms with Gasteiger partial charge in [0.05, 0.1) is 17.0 Å². The highest BCUT2D eigenvalue weighted by atomic mass is 32.2. The van der Waals surface area contributed by atoms with Gasteiger partial charge in [-0.25, -0.2) is 32.7 Å². The molecule has 3 N–H and O–H groups in total. The van der Waals surface area contributed by atoms with Crippen molar-refractivity contribution in [2.75, 3.05) is 69.2 Å². The predicted octanol–water partition coefficient (Wildman–Crippen LogP) is 11.9. The maximum Gasteiger partial charge on any atom is 0.389 e. The van der Waals surface area contributed by atoms with Crippen LogP contribution in [0.15, 0.2) is 79.6 Å². The van der Waals surface area contributed by atoms with Crippen LogP contribution in [-0.4, -0.2) is 163 Å². The zero-order valence-corrected chi connectivity index (χ0v) is 58.2. The number of alkyl halides is 3. The van der Waals surface area contributed by atoms with E-state index in [0.717, 1.165) is 123 Å². The van der Waals surface area contributed by atoms with Crippen molar-refractivity contribution < 1.29 is 40.3 Å². The monoisotopic (exact) mass is 1380 g/mol. The standard InChI is InChI=1S/C74H91F4N15O5S/c1-6-91(48(2)3)72(95)63-36-54(75)12-16-67(63)98-68-43-82-47-84-71(68)86-56-20-29-90(30-21-56)45-52-11-15-66-62(38-58(41-80)93(66)34-33-88-31-22-59(23-32-88)99(5,96)97)60(52)13-17-69(94)87-73(39-53-35-64(53)73)24-8-26-92-57(40-79)37-61-49(4)51(10-14-65(61)92)44-89-27-18-55(19-28-89)85-70-50(42-81-46-83-70)9-7-25-74(76,77)78/h10-12,14-16,36-38,42-43,46-48,53,55-56,59,64H,6-9,13,17-35,39,44-45H2,1-5H3,(H,87,94)(H,81,83,85)(H,82,84,86). The van der Waals surface area contributed by atoms with E-state index in [1.807, 2.05) is 32.9 Å². The van der Waals surface area contributed by atoms with E-state index in [9.17, 15) is 46.1 Å². The molecule has 3 saturated heterocycles. The summed E-state index contributed by atoms with van der Waals surface area (Å²) in [7, 11) is -3.13. The Morgan fingerprint density at radius 3 is 1.99 bits per heavy atom. The van der Waals surface area contributed by atoms with E-state index in [0.29, 0.717) is 111 Å². The van der Waals surface area contributed by atoms with Gasteiger partial charge in [-0.2, -0.15) is 23.7 Å². The summed E-state index contributed by atoms with van der Waals surface area (Å²) in [5.41, 5.74) is 7.99. The number of amides is 2. The van der Waals surface area contributed by atoms with E-state index >= 15 is 0 Å². The largest absolute Gasteiger partial charge is 0.451 e. The fourth-order valence-electron chi connectivity index (χ4n) is 16.0. The third-order valence-electron chi connectivity index (χ3n) is 21.7. The molecule has 5 fully saturated rings. The highest BCUT2D eigenvalue weighted by molar-refractivity contribution is 7.91. The molecule has 3 unspecified atom stereocenters. The molecule has 3 aromatic carbocycles.